The number of thiocarbonyl (C=S) groups is 1. The first-order valence-corrected chi connectivity index (χ1v) is 9.62. The molecule has 1 fully saturated rings. The summed E-state index contributed by atoms with van der Waals surface area (Å²) in [7, 11) is 1.30. The van der Waals surface area contributed by atoms with Crippen LogP contribution in [0.3, 0.4) is 0 Å². The van der Waals surface area contributed by atoms with Crippen LogP contribution in [0.1, 0.15) is 33.6 Å². The Morgan fingerprint density at radius 1 is 1.14 bits per heavy atom. The molecule has 2 aromatic rings. The van der Waals surface area contributed by atoms with Crippen LogP contribution in [-0.4, -0.2) is 43.4 Å². The molecule has 1 aliphatic rings. The number of rotatable bonds is 6. The van der Waals surface area contributed by atoms with Crippen LogP contribution < -0.4 is 15.4 Å². The molecule has 2 N–H and O–H groups in total. The van der Waals surface area contributed by atoms with Crippen LogP contribution >= 0.6 is 12.2 Å². The Bertz CT molecular complexity index is 879. The van der Waals surface area contributed by atoms with Gasteiger partial charge in [-0.1, -0.05) is 12.1 Å². The topological polar surface area (TPSA) is 85.9 Å². The molecule has 8 heteroatoms. The molecule has 0 aromatic heterocycles. The molecule has 0 saturated carbocycles. The molecule has 152 valence electrons. The van der Waals surface area contributed by atoms with Crippen LogP contribution in [0.2, 0.25) is 0 Å². The Kier molecular flexibility index (Phi) is 7.15. The van der Waals surface area contributed by atoms with Gasteiger partial charge < -0.3 is 19.5 Å². The second-order valence-electron chi connectivity index (χ2n) is 6.42. The minimum absolute atomic E-state index is 0.0997. The monoisotopic (exact) mass is 414 g/mol. The van der Waals surface area contributed by atoms with E-state index in [1.807, 2.05) is 24.3 Å². The summed E-state index contributed by atoms with van der Waals surface area (Å²) in [5.41, 5.74) is 1.38. The van der Waals surface area contributed by atoms with E-state index < -0.39 is 11.9 Å². The predicted octanol–water partition coefficient (Wildman–Crippen LogP) is 3.16. The van der Waals surface area contributed by atoms with Crippen molar-refractivity contribution in [1.29, 1.82) is 0 Å². The molecule has 1 atom stereocenters. The molecule has 1 unspecified atom stereocenters. The van der Waals surface area contributed by atoms with Crippen molar-refractivity contribution < 1.29 is 23.8 Å². The standard InChI is InChI=1S/C21H22N2O5S/c1-26-20(25)15-10-8-14(9-11-15)19(24)23-21(29)22-17-6-2-3-7-18(17)28-13-16-5-4-12-27-16/h2-3,6-11,16H,4-5,12-13H2,1H3,(H2,22,23,24,29). The molecule has 1 saturated heterocycles. The fourth-order valence-electron chi connectivity index (χ4n) is 2.86. The van der Waals surface area contributed by atoms with E-state index in [1.54, 1.807) is 0 Å². The molecule has 1 heterocycles. The summed E-state index contributed by atoms with van der Waals surface area (Å²) < 4.78 is 16.1. The van der Waals surface area contributed by atoms with Crippen molar-refractivity contribution >= 4 is 34.9 Å². The third-order valence-electron chi connectivity index (χ3n) is 4.38. The van der Waals surface area contributed by atoms with Crippen molar-refractivity contribution in [3.8, 4) is 5.75 Å². The fraction of sp³-hybridized carbons (Fsp3) is 0.286. The summed E-state index contributed by atoms with van der Waals surface area (Å²) in [6.45, 7) is 1.23. The minimum atomic E-state index is -0.464. The Morgan fingerprint density at radius 2 is 1.86 bits per heavy atom. The lowest BCUT2D eigenvalue weighted by molar-refractivity contribution is 0.0600. The second-order valence-corrected chi connectivity index (χ2v) is 6.83. The second kappa shape index (κ2) is 9.99. The molecule has 29 heavy (non-hydrogen) atoms. The maximum Gasteiger partial charge on any atom is 0.337 e. The van der Waals surface area contributed by atoms with E-state index in [-0.39, 0.29) is 11.2 Å². The number of carbonyl (C=O) groups excluding carboxylic acids is 2. The SMILES string of the molecule is COC(=O)c1ccc(C(=O)NC(=S)Nc2ccccc2OCC2CCCO2)cc1. The summed E-state index contributed by atoms with van der Waals surface area (Å²) in [5.74, 6) is -0.229. The van der Waals surface area contributed by atoms with Crippen molar-refractivity contribution in [2.45, 2.75) is 18.9 Å². The average Bonchev–Trinajstić information content (AvgIpc) is 3.26. The highest BCUT2D eigenvalue weighted by molar-refractivity contribution is 7.80. The summed E-state index contributed by atoms with van der Waals surface area (Å²) in [6, 6.07) is 13.4. The van der Waals surface area contributed by atoms with Crippen molar-refractivity contribution in [2.24, 2.45) is 0 Å². The summed E-state index contributed by atoms with van der Waals surface area (Å²) in [5, 5.41) is 5.74. The smallest absolute Gasteiger partial charge is 0.337 e. The van der Waals surface area contributed by atoms with Gasteiger partial charge in [-0.3, -0.25) is 10.1 Å². The predicted molar refractivity (Wildman–Crippen MR) is 112 cm³/mol. The molecule has 1 amide bonds. The lowest BCUT2D eigenvalue weighted by Gasteiger charge is -2.16. The van der Waals surface area contributed by atoms with Crippen LogP contribution in [0.4, 0.5) is 5.69 Å². The van der Waals surface area contributed by atoms with Crippen LogP contribution in [0, 0.1) is 0 Å². The Morgan fingerprint density at radius 3 is 2.55 bits per heavy atom. The van der Waals surface area contributed by atoms with E-state index in [2.05, 4.69) is 15.4 Å². The molecule has 0 bridgehead atoms. The van der Waals surface area contributed by atoms with Gasteiger partial charge in [-0.25, -0.2) is 4.79 Å². The third kappa shape index (κ3) is 5.75. The van der Waals surface area contributed by atoms with Gasteiger partial charge in [-0.15, -0.1) is 0 Å². The zero-order valence-electron chi connectivity index (χ0n) is 16.0. The number of carbonyl (C=O) groups is 2. The molecule has 1 aliphatic heterocycles. The molecular formula is C21H22N2O5S. The van der Waals surface area contributed by atoms with Gasteiger partial charge in [0.1, 0.15) is 12.4 Å². The first-order valence-electron chi connectivity index (χ1n) is 9.21. The molecule has 0 aliphatic carbocycles. The number of anilines is 1. The van der Waals surface area contributed by atoms with Gasteiger partial charge in [0.25, 0.3) is 5.91 Å². The number of benzene rings is 2. The minimum Gasteiger partial charge on any atom is -0.489 e. The Balaban J connectivity index is 1.57. The van der Waals surface area contributed by atoms with Crippen LogP contribution in [0.15, 0.2) is 48.5 Å². The number of esters is 1. The van der Waals surface area contributed by atoms with E-state index in [4.69, 9.17) is 21.7 Å². The summed E-state index contributed by atoms with van der Waals surface area (Å²) >= 11 is 5.25. The maximum absolute atomic E-state index is 12.4. The van der Waals surface area contributed by atoms with Crippen molar-refractivity contribution in [3.63, 3.8) is 0 Å². The highest BCUT2D eigenvalue weighted by atomic mass is 32.1. The summed E-state index contributed by atoms with van der Waals surface area (Å²) in [4.78, 5) is 23.8. The number of nitrogens with one attached hydrogen (secondary N) is 2. The third-order valence-corrected chi connectivity index (χ3v) is 4.58. The first kappa shape index (κ1) is 20.8. The van der Waals surface area contributed by atoms with Gasteiger partial charge in [0.2, 0.25) is 0 Å². The number of amides is 1. The average molecular weight is 414 g/mol. The number of hydrogen-bond donors (Lipinski definition) is 2. The Hall–Kier alpha value is -2.97. The maximum atomic E-state index is 12.4. The molecule has 7 nitrogen and oxygen atoms in total. The van der Waals surface area contributed by atoms with Gasteiger partial charge in [0.05, 0.1) is 24.5 Å². The van der Waals surface area contributed by atoms with Gasteiger partial charge in [-0.2, -0.15) is 0 Å². The number of hydrogen-bond acceptors (Lipinski definition) is 6. The van der Waals surface area contributed by atoms with Crippen LogP contribution in [0.5, 0.6) is 5.75 Å². The molecule has 2 aromatic carbocycles. The highest BCUT2D eigenvalue weighted by Gasteiger charge is 2.17. The van der Waals surface area contributed by atoms with Crippen molar-refractivity contribution in [3.05, 3.63) is 59.7 Å². The van der Waals surface area contributed by atoms with Gasteiger partial charge >= 0.3 is 5.97 Å². The van der Waals surface area contributed by atoms with Gasteiger partial charge in [0.15, 0.2) is 5.11 Å². The highest BCUT2D eigenvalue weighted by Crippen LogP contribution is 2.25. The Labute approximate surface area is 174 Å². The van der Waals surface area contributed by atoms with Crippen LogP contribution in [0.25, 0.3) is 0 Å². The van der Waals surface area contributed by atoms with Crippen molar-refractivity contribution in [1.82, 2.24) is 5.32 Å². The number of ether oxygens (including phenoxy) is 3. The zero-order chi connectivity index (χ0) is 20.6. The van der Waals surface area contributed by atoms with E-state index in [1.165, 1.54) is 31.4 Å². The zero-order valence-corrected chi connectivity index (χ0v) is 16.8. The van der Waals surface area contributed by atoms with Gasteiger partial charge in [0, 0.05) is 12.2 Å². The van der Waals surface area contributed by atoms with E-state index in [0.29, 0.717) is 29.2 Å². The molecule has 3 rings (SSSR count). The first-order chi connectivity index (χ1) is 14.1. The van der Waals surface area contributed by atoms with E-state index in [9.17, 15) is 9.59 Å². The lowest BCUT2D eigenvalue weighted by Crippen LogP contribution is -2.34. The number of para-hydroxylation sites is 2. The van der Waals surface area contributed by atoms with Crippen molar-refractivity contribution in [2.75, 3.05) is 25.6 Å². The normalized spacial score (nSPS) is 15.4. The number of methoxy groups -OCH3 is 1. The molecule has 0 radical (unpaired) electrons. The summed E-state index contributed by atoms with van der Waals surface area (Å²) in [6.07, 6.45) is 2.13. The van der Waals surface area contributed by atoms with Gasteiger partial charge in [-0.05, 0) is 61.5 Å². The van der Waals surface area contributed by atoms with Crippen LogP contribution in [-0.2, 0) is 9.47 Å². The lowest BCUT2D eigenvalue weighted by atomic mass is 10.1. The largest absolute Gasteiger partial charge is 0.489 e. The van der Waals surface area contributed by atoms with E-state index >= 15 is 0 Å². The molecular weight excluding hydrogens is 392 g/mol. The van der Waals surface area contributed by atoms with E-state index in [0.717, 1.165) is 19.4 Å². The quantitative estimate of drug-likeness (QED) is 0.555. The fourth-order valence-corrected chi connectivity index (χ4v) is 3.06. The molecule has 0 spiro atoms.